The largest absolute Gasteiger partial charge is 0.495 e. The fourth-order valence-electron chi connectivity index (χ4n) is 3.43. The fraction of sp³-hybridized carbons (Fsp3) is 0.391. The van der Waals surface area contributed by atoms with Gasteiger partial charge >= 0.3 is 0 Å². The molecule has 2 aromatic carbocycles. The number of rotatable bonds is 10. The van der Waals surface area contributed by atoms with Crippen LogP contribution in [0.4, 0.5) is 5.13 Å². The van der Waals surface area contributed by atoms with Crippen LogP contribution in [0.15, 0.2) is 41.3 Å². The van der Waals surface area contributed by atoms with Crippen molar-refractivity contribution in [2.45, 2.75) is 18.2 Å². The van der Waals surface area contributed by atoms with Crippen LogP contribution in [-0.2, 0) is 9.84 Å². The Bertz CT molecular complexity index is 1200. The zero-order valence-corrected chi connectivity index (χ0v) is 22.3. The van der Waals surface area contributed by atoms with Crippen molar-refractivity contribution >= 4 is 54.8 Å². The number of hydrogen-bond acceptors (Lipinski definition) is 8. The Hall–Kier alpha value is -2.40. The second-order valence-electron chi connectivity index (χ2n) is 7.66. The summed E-state index contributed by atoms with van der Waals surface area (Å²) >= 11 is 1.31. The van der Waals surface area contributed by atoms with Gasteiger partial charge in [0.05, 0.1) is 30.4 Å². The van der Waals surface area contributed by atoms with Crippen molar-refractivity contribution in [3.05, 3.63) is 42.0 Å². The number of methoxy groups -OCH3 is 2. The van der Waals surface area contributed by atoms with Gasteiger partial charge < -0.3 is 14.4 Å². The highest BCUT2D eigenvalue weighted by Gasteiger charge is 2.28. The molecule has 0 fully saturated rings. The molecule has 0 aliphatic carbocycles. The number of thiazole rings is 1. The highest BCUT2D eigenvalue weighted by Crippen LogP contribution is 2.40. The minimum atomic E-state index is -3.58. The van der Waals surface area contributed by atoms with Crippen molar-refractivity contribution in [2.24, 2.45) is 0 Å². The van der Waals surface area contributed by atoms with E-state index in [4.69, 9.17) is 14.5 Å². The highest BCUT2D eigenvalue weighted by atomic mass is 35.5. The molecule has 0 saturated carbocycles. The maximum atomic E-state index is 13.7. The van der Waals surface area contributed by atoms with E-state index in [0.29, 0.717) is 35.1 Å². The molecule has 3 aromatic rings. The summed E-state index contributed by atoms with van der Waals surface area (Å²) < 4.78 is 37.0. The smallest absolute Gasteiger partial charge is 0.261 e. The Morgan fingerprint density at radius 3 is 2.29 bits per heavy atom. The molecule has 0 aliphatic rings. The van der Waals surface area contributed by atoms with Gasteiger partial charge in [-0.3, -0.25) is 9.69 Å². The summed E-state index contributed by atoms with van der Waals surface area (Å²) in [6.45, 7) is 2.70. The first-order chi connectivity index (χ1) is 15.7. The molecule has 1 amide bonds. The fourth-order valence-corrected chi connectivity index (χ4v) is 5.62. The number of fused-ring (bicyclic) bond motifs is 1. The lowest BCUT2D eigenvalue weighted by Gasteiger charge is -2.22. The molecule has 8 nitrogen and oxygen atoms in total. The average Bonchev–Trinajstić information content (AvgIpc) is 3.25. The summed E-state index contributed by atoms with van der Waals surface area (Å²) in [6, 6.07) is 9.90. The molecule has 0 saturated heterocycles. The predicted octanol–water partition coefficient (Wildman–Crippen LogP) is 4.13. The first kappa shape index (κ1) is 27.8. The third-order valence-electron chi connectivity index (χ3n) is 5.19. The Balaban J connectivity index is 0.00000408. The predicted molar refractivity (Wildman–Crippen MR) is 139 cm³/mol. The van der Waals surface area contributed by atoms with Crippen LogP contribution in [0, 0.1) is 0 Å². The number of anilines is 1. The van der Waals surface area contributed by atoms with Crippen LogP contribution < -0.4 is 14.4 Å². The summed E-state index contributed by atoms with van der Waals surface area (Å²) in [5, 5.41) is 0.459. The standard InChI is InChI=1S/C23H29N3O5S2.ClH/c1-6-33(28,29)19-11-8-7-10-16(19)22(27)26(15-9-14-25(2)3)23-24-20-17(30-4)12-13-18(31-5)21(20)32-23;/h7-8,10-13H,6,9,14-15H2,1-5H3;1H. The monoisotopic (exact) mass is 527 g/mol. The molecular formula is C23H30ClN3O5S2. The van der Waals surface area contributed by atoms with Crippen LogP contribution >= 0.6 is 23.7 Å². The topological polar surface area (TPSA) is 89.0 Å². The van der Waals surface area contributed by atoms with E-state index in [1.165, 1.54) is 17.4 Å². The number of halogens is 1. The molecule has 3 rings (SSSR count). The number of amides is 1. The Labute approximate surface area is 210 Å². The van der Waals surface area contributed by atoms with Crippen LogP contribution in [0.25, 0.3) is 10.2 Å². The molecule has 0 spiro atoms. The molecule has 186 valence electrons. The molecule has 1 heterocycles. The van der Waals surface area contributed by atoms with Gasteiger partial charge in [-0.05, 0) is 51.3 Å². The second kappa shape index (κ2) is 11.8. The maximum Gasteiger partial charge on any atom is 0.261 e. The first-order valence-corrected chi connectivity index (χ1v) is 13.0. The quantitative estimate of drug-likeness (QED) is 0.391. The number of hydrogen-bond donors (Lipinski definition) is 0. The number of carbonyl (C=O) groups excluding carboxylic acids is 1. The van der Waals surface area contributed by atoms with E-state index in [1.807, 2.05) is 19.0 Å². The van der Waals surface area contributed by atoms with E-state index in [-0.39, 0.29) is 28.6 Å². The minimum Gasteiger partial charge on any atom is -0.495 e. The zero-order chi connectivity index (χ0) is 24.2. The minimum absolute atomic E-state index is 0. The lowest BCUT2D eigenvalue weighted by Crippen LogP contribution is -2.34. The third kappa shape index (κ3) is 5.80. The van der Waals surface area contributed by atoms with Crippen molar-refractivity contribution in [3.63, 3.8) is 0 Å². The number of benzene rings is 2. The highest BCUT2D eigenvalue weighted by molar-refractivity contribution is 7.91. The Morgan fingerprint density at radius 1 is 1.03 bits per heavy atom. The molecule has 34 heavy (non-hydrogen) atoms. The van der Waals surface area contributed by atoms with Crippen molar-refractivity contribution in [1.29, 1.82) is 0 Å². The average molecular weight is 528 g/mol. The number of nitrogens with zero attached hydrogens (tertiary/aromatic N) is 3. The number of sulfone groups is 1. The van der Waals surface area contributed by atoms with Gasteiger partial charge in [0.1, 0.15) is 21.7 Å². The molecule has 0 N–H and O–H groups in total. The van der Waals surface area contributed by atoms with Gasteiger partial charge in [0.25, 0.3) is 5.91 Å². The molecule has 0 bridgehead atoms. The summed E-state index contributed by atoms with van der Waals surface area (Å²) in [5.74, 6) is 0.707. The maximum absolute atomic E-state index is 13.7. The van der Waals surface area contributed by atoms with Gasteiger partial charge in [-0.15, -0.1) is 12.4 Å². The van der Waals surface area contributed by atoms with Crippen molar-refractivity contribution in [3.8, 4) is 11.5 Å². The van der Waals surface area contributed by atoms with E-state index in [0.717, 1.165) is 11.2 Å². The van der Waals surface area contributed by atoms with Gasteiger partial charge in [0, 0.05) is 6.54 Å². The van der Waals surface area contributed by atoms with Gasteiger partial charge in [-0.25, -0.2) is 13.4 Å². The molecule has 0 radical (unpaired) electrons. The van der Waals surface area contributed by atoms with Crippen molar-refractivity contribution in [2.75, 3.05) is 52.1 Å². The summed E-state index contributed by atoms with van der Waals surface area (Å²) in [7, 11) is 3.48. The lowest BCUT2D eigenvalue weighted by atomic mass is 10.2. The van der Waals surface area contributed by atoms with Crippen LogP contribution in [0.1, 0.15) is 23.7 Å². The van der Waals surface area contributed by atoms with E-state index >= 15 is 0 Å². The lowest BCUT2D eigenvalue weighted by molar-refractivity contribution is 0.0983. The number of aromatic nitrogens is 1. The van der Waals surface area contributed by atoms with Crippen LogP contribution in [0.5, 0.6) is 11.5 Å². The summed E-state index contributed by atoms with van der Waals surface area (Å²) in [6.07, 6.45) is 0.686. The van der Waals surface area contributed by atoms with Crippen molar-refractivity contribution < 1.29 is 22.7 Å². The Morgan fingerprint density at radius 2 is 1.68 bits per heavy atom. The third-order valence-corrected chi connectivity index (χ3v) is 8.07. The molecule has 0 aliphatic heterocycles. The SMILES string of the molecule is CCS(=O)(=O)c1ccccc1C(=O)N(CCCN(C)C)c1nc2c(OC)ccc(OC)c2s1.Cl. The van der Waals surface area contributed by atoms with E-state index in [1.54, 1.807) is 56.4 Å². The zero-order valence-electron chi connectivity index (χ0n) is 19.9. The summed E-state index contributed by atoms with van der Waals surface area (Å²) in [5.41, 5.74) is 0.735. The van der Waals surface area contributed by atoms with Gasteiger partial charge in [0.15, 0.2) is 15.0 Å². The summed E-state index contributed by atoms with van der Waals surface area (Å²) in [4.78, 5) is 22.1. The van der Waals surface area contributed by atoms with Crippen molar-refractivity contribution in [1.82, 2.24) is 9.88 Å². The molecule has 1 aromatic heterocycles. The number of ether oxygens (including phenoxy) is 2. The van der Waals surface area contributed by atoms with Crippen LogP contribution in [-0.4, -0.2) is 71.4 Å². The second-order valence-corrected chi connectivity index (χ2v) is 10.9. The van der Waals surface area contributed by atoms with Gasteiger partial charge in [0.2, 0.25) is 0 Å². The van der Waals surface area contributed by atoms with E-state index < -0.39 is 15.7 Å². The molecule has 0 unspecified atom stereocenters. The normalized spacial score (nSPS) is 11.4. The van der Waals surface area contributed by atoms with Crippen LogP contribution in [0.2, 0.25) is 0 Å². The molecule has 0 atom stereocenters. The Kier molecular flexibility index (Phi) is 9.69. The molecular weight excluding hydrogens is 498 g/mol. The number of carbonyl (C=O) groups is 1. The van der Waals surface area contributed by atoms with Crippen LogP contribution in [0.3, 0.4) is 0 Å². The van der Waals surface area contributed by atoms with E-state index in [2.05, 4.69) is 0 Å². The first-order valence-electron chi connectivity index (χ1n) is 10.5. The van der Waals surface area contributed by atoms with Gasteiger partial charge in [-0.2, -0.15) is 0 Å². The van der Waals surface area contributed by atoms with E-state index in [9.17, 15) is 13.2 Å². The van der Waals surface area contributed by atoms with Gasteiger partial charge in [-0.1, -0.05) is 30.4 Å². The molecule has 11 heteroatoms.